The Balaban J connectivity index is 1.62. The molecule has 0 spiro atoms. The van der Waals surface area contributed by atoms with Crippen LogP contribution in [-0.2, 0) is 11.2 Å². The molecule has 0 bridgehead atoms. The lowest BCUT2D eigenvalue weighted by molar-refractivity contribution is 0.103. The zero-order chi connectivity index (χ0) is 13.8. The Morgan fingerprint density at radius 1 is 1.25 bits per heavy atom. The second-order valence-corrected chi connectivity index (χ2v) is 6.24. The van der Waals surface area contributed by atoms with Gasteiger partial charge in [-0.1, -0.05) is 24.2 Å². The van der Waals surface area contributed by atoms with Crippen LogP contribution in [0.5, 0.6) is 0 Å². The molecule has 3 heterocycles. The number of aryl methyl sites for hydroxylation is 1. The summed E-state index contributed by atoms with van der Waals surface area (Å²) in [5.74, 6) is 0.864. The van der Waals surface area contributed by atoms with Crippen molar-refractivity contribution in [3.63, 3.8) is 0 Å². The Kier molecular flexibility index (Phi) is 4.59. The number of nitrogens with zero attached hydrogens (tertiary/aromatic N) is 4. The van der Waals surface area contributed by atoms with Crippen LogP contribution in [0.2, 0.25) is 0 Å². The molecule has 0 aliphatic carbocycles. The zero-order valence-electron chi connectivity index (χ0n) is 11.6. The summed E-state index contributed by atoms with van der Waals surface area (Å²) >= 11 is 1.64. The van der Waals surface area contributed by atoms with E-state index >= 15 is 0 Å². The highest BCUT2D eigenvalue weighted by Crippen LogP contribution is 2.28. The topological polar surface area (TPSA) is 78.3 Å². The van der Waals surface area contributed by atoms with Gasteiger partial charge in [0, 0.05) is 13.0 Å². The molecular formula is C13H21N5OS. The second kappa shape index (κ2) is 6.60. The van der Waals surface area contributed by atoms with Gasteiger partial charge in [-0.3, -0.25) is 0 Å². The summed E-state index contributed by atoms with van der Waals surface area (Å²) in [6, 6.07) is 0. The average Bonchev–Trinajstić information content (AvgIpc) is 3.13. The van der Waals surface area contributed by atoms with Crippen molar-refractivity contribution in [2.75, 3.05) is 13.2 Å². The van der Waals surface area contributed by atoms with E-state index in [1.54, 1.807) is 11.3 Å². The number of rotatable bonds is 7. The number of aromatic nitrogens is 4. The van der Waals surface area contributed by atoms with Crippen LogP contribution in [0.1, 0.15) is 55.5 Å². The van der Waals surface area contributed by atoms with Crippen molar-refractivity contribution in [2.45, 2.75) is 51.0 Å². The summed E-state index contributed by atoms with van der Waals surface area (Å²) in [7, 11) is 0. The lowest BCUT2D eigenvalue weighted by Gasteiger charge is -2.04. The van der Waals surface area contributed by atoms with Crippen LogP contribution < -0.4 is 5.73 Å². The minimum Gasteiger partial charge on any atom is -0.370 e. The van der Waals surface area contributed by atoms with Gasteiger partial charge in [-0.2, -0.15) is 9.61 Å². The molecule has 1 unspecified atom stereocenters. The highest BCUT2D eigenvalue weighted by Gasteiger charge is 2.24. The summed E-state index contributed by atoms with van der Waals surface area (Å²) < 4.78 is 7.54. The van der Waals surface area contributed by atoms with E-state index in [0.717, 1.165) is 54.6 Å². The Morgan fingerprint density at radius 3 is 2.95 bits per heavy atom. The first-order chi connectivity index (χ1) is 9.88. The third kappa shape index (κ3) is 2.99. The fourth-order valence-corrected chi connectivity index (χ4v) is 3.41. The average molecular weight is 295 g/mol. The molecule has 2 aromatic rings. The highest BCUT2D eigenvalue weighted by atomic mass is 32.1. The van der Waals surface area contributed by atoms with Crippen LogP contribution >= 0.6 is 11.3 Å². The Labute approximate surface area is 122 Å². The molecule has 1 aliphatic rings. The maximum atomic E-state index is 5.67. The van der Waals surface area contributed by atoms with Gasteiger partial charge in [0.1, 0.15) is 11.1 Å². The molecule has 20 heavy (non-hydrogen) atoms. The molecule has 7 heteroatoms. The molecule has 6 nitrogen and oxygen atoms in total. The van der Waals surface area contributed by atoms with Crippen molar-refractivity contribution in [1.82, 2.24) is 19.8 Å². The number of unbranched alkanes of at least 4 members (excludes halogenated alkanes) is 3. The summed E-state index contributed by atoms with van der Waals surface area (Å²) in [5.41, 5.74) is 5.49. The van der Waals surface area contributed by atoms with E-state index in [4.69, 9.17) is 10.5 Å². The molecule has 1 aliphatic heterocycles. The molecule has 0 radical (unpaired) electrons. The van der Waals surface area contributed by atoms with Crippen LogP contribution in [0.3, 0.4) is 0 Å². The van der Waals surface area contributed by atoms with E-state index < -0.39 is 0 Å². The normalized spacial score (nSPS) is 19.1. The van der Waals surface area contributed by atoms with Gasteiger partial charge in [0.2, 0.25) is 4.96 Å². The fraction of sp³-hybridized carbons (Fsp3) is 0.769. The highest BCUT2D eigenvalue weighted by molar-refractivity contribution is 7.16. The Bertz CT molecular complexity index is 546. The maximum absolute atomic E-state index is 5.67. The van der Waals surface area contributed by atoms with Crippen molar-refractivity contribution in [1.29, 1.82) is 0 Å². The minimum atomic E-state index is 0.0736. The number of hydrogen-bond acceptors (Lipinski definition) is 6. The van der Waals surface area contributed by atoms with Crippen LogP contribution in [0.25, 0.3) is 4.96 Å². The van der Waals surface area contributed by atoms with Gasteiger partial charge in [0.25, 0.3) is 0 Å². The van der Waals surface area contributed by atoms with E-state index in [1.807, 2.05) is 4.52 Å². The van der Waals surface area contributed by atoms with Gasteiger partial charge in [-0.05, 0) is 32.2 Å². The summed E-state index contributed by atoms with van der Waals surface area (Å²) in [4.78, 5) is 0.882. The molecule has 1 fully saturated rings. The SMILES string of the molecule is NCCCCCCc1nn2c(C3CCCO3)nnc2s1. The lowest BCUT2D eigenvalue weighted by atomic mass is 10.1. The van der Waals surface area contributed by atoms with Gasteiger partial charge in [-0.15, -0.1) is 10.2 Å². The van der Waals surface area contributed by atoms with Crippen molar-refractivity contribution in [2.24, 2.45) is 5.73 Å². The maximum Gasteiger partial charge on any atom is 0.234 e. The molecule has 0 aromatic carbocycles. The van der Waals surface area contributed by atoms with Gasteiger partial charge >= 0.3 is 0 Å². The number of ether oxygens (including phenoxy) is 1. The quantitative estimate of drug-likeness (QED) is 0.791. The van der Waals surface area contributed by atoms with Crippen LogP contribution in [0.15, 0.2) is 0 Å². The van der Waals surface area contributed by atoms with E-state index in [1.165, 1.54) is 19.3 Å². The summed E-state index contributed by atoms with van der Waals surface area (Å²) in [5, 5.41) is 14.2. The number of nitrogens with two attached hydrogens (primary N) is 1. The van der Waals surface area contributed by atoms with Crippen LogP contribution in [-0.4, -0.2) is 33.0 Å². The van der Waals surface area contributed by atoms with Crippen molar-refractivity contribution >= 4 is 16.3 Å². The predicted molar refractivity (Wildman–Crippen MR) is 77.8 cm³/mol. The first-order valence-electron chi connectivity index (χ1n) is 7.41. The van der Waals surface area contributed by atoms with Crippen molar-refractivity contribution in [3.8, 4) is 0 Å². The predicted octanol–water partition coefficient (Wildman–Crippen LogP) is 2.10. The molecule has 110 valence electrons. The Morgan fingerprint density at radius 2 is 2.15 bits per heavy atom. The van der Waals surface area contributed by atoms with Crippen LogP contribution in [0, 0.1) is 0 Å². The van der Waals surface area contributed by atoms with Gasteiger partial charge < -0.3 is 10.5 Å². The molecular weight excluding hydrogens is 274 g/mol. The molecule has 2 N–H and O–H groups in total. The molecule has 1 saturated heterocycles. The molecule has 2 aromatic heterocycles. The standard InChI is InChI=1S/C13H21N5OS/c14-8-4-2-1-3-7-11-17-18-12(10-6-5-9-19-10)15-16-13(18)20-11/h10H,1-9,14H2. The monoisotopic (exact) mass is 295 g/mol. The molecule has 3 rings (SSSR count). The van der Waals surface area contributed by atoms with E-state index in [2.05, 4.69) is 15.3 Å². The second-order valence-electron chi connectivity index (χ2n) is 5.20. The summed E-state index contributed by atoms with van der Waals surface area (Å²) in [6.45, 7) is 1.61. The van der Waals surface area contributed by atoms with Crippen molar-refractivity contribution < 1.29 is 4.74 Å². The summed E-state index contributed by atoms with van der Waals surface area (Å²) in [6.07, 6.45) is 7.92. The fourth-order valence-electron chi connectivity index (χ4n) is 2.53. The number of fused-ring (bicyclic) bond motifs is 1. The third-order valence-electron chi connectivity index (χ3n) is 3.62. The molecule has 1 atom stereocenters. The third-order valence-corrected chi connectivity index (χ3v) is 4.58. The van der Waals surface area contributed by atoms with E-state index in [9.17, 15) is 0 Å². The largest absolute Gasteiger partial charge is 0.370 e. The molecule has 0 amide bonds. The van der Waals surface area contributed by atoms with E-state index in [-0.39, 0.29) is 6.10 Å². The minimum absolute atomic E-state index is 0.0736. The lowest BCUT2D eigenvalue weighted by Crippen LogP contribution is -2.04. The van der Waals surface area contributed by atoms with Gasteiger partial charge in [0.15, 0.2) is 5.82 Å². The Hall–Kier alpha value is -1.05. The first kappa shape index (κ1) is 13.9. The smallest absolute Gasteiger partial charge is 0.234 e. The van der Waals surface area contributed by atoms with Crippen molar-refractivity contribution in [3.05, 3.63) is 10.8 Å². The van der Waals surface area contributed by atoms with Gasteiger partial charge in [0.05, 0.1) is 0 Å². The van der Waals surface area contributed by atoms with Crippen LogP contribution in [0.4, 0.5) is 0 Å². The zero-order valence-corrected chi connectivity index (χ0v) is 12.4. The molecule has 0 saturated carbocycles. The van der Waals surface area contributed by atoms with Gasteiger partial charge in [-0.25, -0.2) is 0 Å². The van der Waals surface area contributed by atoms with E-state index in [0.29, 0.717) is 0 Å². The first-order valence-corrected chi connectivity index (χ1v) is 8.23. The number of hydrogen-bond donors (Lipinski definition) is 1.